The highest BCUT2D eigenvalue weighted by Crippen LogP contribution is 2.31. The lowest BCUT2D eigenvalue weighted by molar-refractivity contribution is -0.117. The summed E-state index contributed by atoms with van der Waals surface area (Å²) >= 11 is 12.6. The van der Waals surface area contributed by atoms with E-state index in [1.54, 1.807) is 36.4 Å². The third-order valence-corrected chi connectivity index (χ3v) is 6.94. The molecule has 0 aliphatic rings. The fourth-order valence-corrected chi connectivity index (χ4v) is 4.70. The van der Waals surface area contributed by atoms with E-state index in [1.807, 2.05) is 30.3 Å². The molecule has 2 amide bonds. The number of carbonyl (C=O) groups excluding carboxylic acids is 2. The minimum Gasteiger partial charge on any atom is -0.453 e. The maximum absolute atomic E-state index is 14.8. The van der Waals surface area contributed by atoms with Crippen LogP contribution in [0.2, 0.25) is 10.2 Å². The summed E-state index contributed by atoms with van der Waals surface area (Å²) in [5.41, 5.74) is 3.26. The first kappa shape index (κ1) is 30.3. The van der Waals surface area contributed by atoms with E-state index in [2.05, 4.69) is 41.1 Å². The fraction of sp³-hybridized carbons (Fsp3) is 0.100. The van der Waals surface area contributed by atoms with Crippen LogP contribution in [0, 0.1) is 5.82 Å². The minimum atomic E-state index is -0.807. The van der Waals surface area contributed by atoms with E-state index in [1.165, 1.54) is 36.3 Å². The van der Waals surface area contributed by atoms with Crippen molar-refractivity contribution < 1.29 is 18.7 Å². The van der Waals surface area contributed by atoms with Gasteiger partial charge in [0.05, 0.1) is 30.2 Å². The Balaban J connectivity index is 1.44. The Hall–Kier alpha value is -5.20. The van der Waals surface area contributed by atoms with Crippen LogP contribution in [0.1, 0.15) is 22.9 Å². The highest BCUT2D eigenvalue weighted by atomic mass is 35.5. The lowest BCUT2D eigenvalue weighted by Crippen LogP contribution is -2.29. The smallest absolute Gasteiger partial charge is 0.411 e. The summed E-state index contributed by atoms with van der Waals surface area (Å²) in [5, 5.41) is 25.3. The second kappa shape index (κ2) is 13.8. The average Bonchev–Trinajstić information content (AvgIpc) is 3.56. The number of aromatic nitrogens is 6. The number of tetrazole rings is 1. The first-order chi connectivity index (χ1) is 21.3. The molecule has 14 heteroatoms. The molecule has 0 radical (unpaired) electrons. The van der Waals surface area contributed by atoms with Crippen LogP contribution in [0.15, 0.2) is 85.2 Å². The van der Waals surface area contributed by atoms with Crippen LogP contribution >= 0.6 is 23.2 Å². The predicted molar refractivity (Wildman–Crippen MR) is 163 cm³/mol. The summed E-state index contributed by atoms with van der Waals surface area (Å²) < 4.78 is 20.8. The van der Waals surface area contributed by atoms with Crippen molar-refractivity contribution in [3.05, 3.63) is 118 Å². The zero-order chi connectivity index (χ0) is 31.1. The second-order valence-electron chi connectivity index (χ2n) is 9.33. The Morgan fingerprint density at radius 3 is 2.59 bits per heavy atom. The SMILES string of the molecule is COC(=O)Nc1ccc(-c2cc([C@H](Cc3ccccc3)NC(=O)/C=C/c3cc(Cl)ccc3-n3cnnn3)nnc2Cl)cc1F. The zero-order valence-corrected chi connectivity index (χ0v) is 24.5. The summed E-state index contributed by atoms with van der Waals surface area (Å²) in [7, 11) is 1.18. The van der Waals surface area contributed by atoms with Crippen LogP contribution in [0.4, 0.5) is 14.9 Å². The summed E-state index contributed by atoms with van der Waals surface area (Å²) in [6.07, 6.45) is 3.97. The summed E-state index contributed by atoms with van der Waals surface area (Å²) in [4.78, 5) is 24.8. The van der Waals surface area contributed by atoms with Crippen molar-refractivity contribution in [1.82, 2.24) is 35.7 Å². The Morgan fingerprint density at radius 1 is 1.05 bits per heavy atom. The Labute approximate surface area is 260 Å². The van der Waals surface area contributed by atoms with Crippen LogP contribution in [-0.2, 0) is 16.0 Å². The molecule has 0 aliphatic carbocycles. The second-order valence-corrected chi connectivity index (χ2v) is 10.1. The molecule has 2 heterocycles. The summed E-state index contributed by atoms with van der Waals surface area (Å²) in [6, 6.07) is 19.8. The van der Waals surface area contributed by atoms with Crippen molar-refractivity contribution in [3.8, 4) is 16.8 Å². The van der Waals surface area contributed by atoms with Gasteiger partial charge in [-0.2, -0.15) is 9.78 Å². The number of nitrogens with zero attached hydrogens (tertiary/aromatic N) is 6. The third kappa shape index (κ3) is 7.41. The molecule has 222 valence electrons. The molecule has 44 heavy (non-hydrogen) atoms. The molecule has 11 nitrogen and oxygen atoms in total. The van der Waals surface area contributed by atoms with Gasteiger partial charge in [0.15, 0.2) is 5.15 Å². The molecular formula is C30H23Cl2FN8O3. The molecule has 0 aliphatic heterocycles. The number of nitrogens with one attached hydrogen (secondary N) is 2. The number of hydrogen-bond donors (Lipinski definition) is 2. The van der Waals surface area contributed by atoms with Crippen molar-refractivity contribution in [1.29, 1.82) is 0 Å². The molecule has 2 N–H and O–H groups in total. The van der Waals surface area contributed by atoms with E-state index in [9.17, 15) is 14.0 Å². The monoisotopic (exact) mass is 632 g/mol. The van der Waals surface area contributed by atoms with Gasteiger partial charge in [0, 0.05) is 22.2 Å². The highest BCUT2D eigenvalue weighted by molar-refractivity contribution is 6.32. The van der Waals surface area contributed by atoms with Crippen molar-refractivity contribution in [3.63, 3.8) is 0 Å². The first-order valence-corrected chi connectivity index (χ1v) is 13.8. The van der Waals surface area contributed by atoms with Gasteiger partial charge in [-0.3, -0.25) is 10.1 Å². The number of anilines is 1. The van der Waals surface area contributed by atoms with E-state index < -0.39 is 23.9 Å². The maximum atomic E-state index is 14.8. The number of halogens is 3. The van der Waals surface area contributed by atoms with Crippen molar-refractivity contribution in [2.24, 2.45) is 0 Å². The molecule has 0 saturated carbocycles. The van der Waals surface area contributed by atoms with Crippen LogP contribution in [0.25, 0.3) is 22.9 Å². The lowest BCUT2D eigenvalue weighted by atomic mass is 10.00. The molecule has 1 atom stereocenters. The number of amides is 2. The molecule has 5 aromatic rings. The Kier molecular flexibility index (Phi) is 9.52. The van der Waals surface area contributed by atoms with E-state index in [0.717, 1.165) is 5.56 Å². The van der Waals surface area contributed by atoms with Gasteiger partial charge in [0.2, 0.25) is 5.91 Å². The number of hydrogen-bond acceptors (Lipinski definition) is 8. The molecule has 3 aromatic carbocycles. The molecule has 0 unspecified atom stereocenters. The van der Waals surface area contributed by atoms with Gasteiger partial charge in [-0.15, -0.1) is 10.2 Å². The van der Waals surface area contributed by atoms with E-state index in [0.29, 0.717) is 39.5 Å². The molecule has 0 spiro atoms. The van der Waals surface area contributed by atoms with Gasteiger partial charge in [-0.25, -0.2) is 9.18 Å². The molecule has 5 rings (SSSR count). The number of rotatable bonds is 9. The molecule has 2 aromatic heterocycles. The zero-order valence-electron chi connectivity index (χ0n) is 23.0. The Bertz CT molecular complexity index is 1820. The molecule has 0 saturated heterocycles. The van der Waals surface area contributed by atoms with Crippen LogP contribution in [-0.4, -0.2) is 49.5 Å². The number of methoxy groups -OCH3 is 1. The topological polar surface area (TPSA) is 137 Å². The molecular weight excluding hydrogens is 610 g/mol. The van der Waals surface area contributed by atoms with Gasteiger partial charge in [-0.05, 0) is 70.4 Å². The van der Waals surface area contributed by atoms with Crippen LogP contribution < -0.4 is 10.6 Å². The van der Waals surface area contributed by atoms with Gasteiger partial charge < -0.3 is 10.1 Å². The normalized spacial score (nSPS) is 11.7. The fourth-order valence-electron chi connectivity index (χ4n) is 4.31. The van der Waals surface area contributed by atoms with Crippen molar-refractivity contribution in [2.45, 2.75) is 12.5 Å². The lowest BCUT2D eigenvalue weighted by Gasteiger charge is -2.18. The standard InChI is InChI=1S/C30H23Cl2FN8O3/c1-44-30(43)36-24-10-7-19(15-23(24)33)22-16-26(37-38-29(22)32)25(13-18-5-3-2-4-6-18)35-28(42)12-8-20-14-21(31)9-11-27(20)41-17-34-39-40-41/h2-12,14-17,25H,13H2,1H3,(H,35,42)(H,36,43)/b12-8+/t25-/m0/s1. The van der Waals surface area contributed by atoms with Gasteiger partial charge in [0.1, 0.15) is 12.1 Å². The number of carbonyl (C=O) groups is 2. The van der Waals surface area contributed by atoms with E-state index in [-0.39, 0.29) is 10.8 Å². The van der Waals surface area contributed by atoms with E-state index >= 15 is 0 Å². The molecule has 0 bridgehead atoms. The largest absolute Gasteiger partial charge is 0.453 e. The number of ether oxygens (including phenoxy) is 1. The average molecular weight is 633 g/mol. The number of benzene rings is 3. The summed E-state index contributed by atoms with van der Waals surface area (Å²) in [5.74, 6) is -1.13. The van der Waals surface area contributed by atoms with Crippen LogP contribution in [0.3, 0.4) is 0 Å². The van der Waals surface area contributed by atoms with Crippen molar-refractivity contribution >= 4 is 47.0 Å². The predicted octanol–water partition coefficient (Wildman–Crippen LogP) is 5.86. The first-order valence-electron chi connectivity index (χ1n) is 13.0. The maximum Gasteiger partial charge on any atom is 0.411 e. The Morgan fingerprint density at radius 2 is 1.86 bits per heavy atom. The minimum absolute atomic E-state index is 0.0302. The highest BCUT2D eigenvalue weighted by Gasteiger charge is 2.20. The van der Waals surface area contributed by atoms with Gasteiger partial charge >= 0.3 is 6.09 Å². The van der Waals surface area contributed by atoms with Crippen molar-refractivity contribution in [2.75, 3.05) is 12.4 Å². The molecule has 0 fully saturated rings. The van der Waals surface area contributed by atoms with Gasteiger partial charge in [0.25, 0.3) is 0 Å². The quantitative estimate of drug-likeness (QED) is 0.193. The summed E-state index contributed by atoms with van der Waals surface area (Å²) in [6.45, 7) is 0. The third-order valence-electron chi connectivity index (χ3n) is 6.43. The van der Waals surface area contributed by atoms with E-state index in [4.69, 9.17) is 23.2 Å². The van der Waals surface area contributed by atoms with Gasteiger partial charge in [-0.1, -0.05) is 59.6 Å². The van der Waals surface area contributed by atoms with Crippen LogP contribution in [0.5, 0.6) is 0 Å².